The molecule has 0 saturated carbocycles. The minimum absolute atomic E-state index is 0.0000693. The van der Waals surface area contributed by atoms with Gasteiger partial charge in [-0.2, -0.15) is 0 Å². The monoisotopic (exact) mass is 601 g/mol. The van der Waals surface area contributed by atoms with Crippen LogP contribution in [0.2, 0.25) is 5.02 Å². The van der Waals surface area contributed by atoms with Gasteiger partial charge in [0, 0.05) is 24.2 Å². The summed E-state index contributed by atoms with van der Waals surface area (Å²) in [5, 5.41) is 3.28. The van der Waals surface area contributed by atoms with Crippen LogP contribution in [0.3, 0.4) is 0 Å². The molecule has 0 spiro atoms. The third-order valence-electron chi connectivity index (χ3n) is 6.42. The van der Waals surface area contributed by atoms with Gasteiger partial charge in [-0.15, -0.1) is 0 Å². The molecule has 9 nitrogen and oxygen atoms in total. The molecule has 0 aliphatic carbocycles. The van der Waals surface area contributed by atoms with Crippen LogP contribution in [0.5, 0.6) is 11.5 Å². The van der Waals surface area contributed by atoms with Gasteiger partial charge in [0.2, 0.25) is 11.8 Å². The molecule has 11 heteroatoms. The summed E-state index contributed by atoms with van der Waals surface area (Å²) in [4.78, 5) is 28.5. The van der Waals surface area contributed by atoms with Crippen molar-refractivity contribution in [3.63, 3.8) is 0 Å². The number of nitrogens with one attached hydrogen (secondary N) is 1. The number of benzene rings is 3. The van der Waals surface area contributed by atoms with Gasteiger partial charge in [0.15, 0.2) is 11.5 Å². The van der Waals surface area contributed by atoms with Crippen LogP contribution < -0.4 is 19.1 Å². The molecule has 3 rings (SSSR count). The second-order valence-electron chi connectivity index (χ2n) is 9.79. The molecule has 220 valence electrons. The van der Waals surface area contributed by atoms with Crippen LogP contribution in [0.15, 0.2) is 77.7 Å². The highest BCUT2D eigenvalue weighted by Gasteiger charge is 2.33. The number of hydrogen-bond acceptors (Lipinski definition) is 6. The fraction of sp³-hybridized carbons (Fsp3) is 0.333. The van der Waals surface area contributed by atoms with E-state index in [4.69, 9.17) is 21.1 Å². The molecule has 3 aromatic carbocycles. The summed E-state index contributed by atoms with van der Waals surface area (Å²) in [6.07, 6.45) is 0. The maximum atomic E-state index is 14.0. The molecule has 0 aromatic heterocycles. The van der Waals surface area contributed by atoms with Crippen LogP contribution in [0.4, 0.5) is 5.69 Å². The van der Waals surface area contributed by atoms with Gasteiger partial charge in [0.1, 0.15) is 12.6 Å². The molecular weight excluding hydrogens is 566 g/mol. The number of ether oxygens (including phenoxy) is 2. The molecule has 41 heavy (non-hydrogen) atoms. The van der Waals surface area contributed by atoms with Gasteiger partial charge < -0.3 is 19.7 Å². The Hall–Kier alpha value is -3.76. The number of sulfonamides is 1. The maximum absolute atomic E-state index is 14.0. The minimum Gasteiger partial charge on any atom is -0.493 e. The van der Waals surface area contributed by atoms with Crippen LogP contribution in [0, 0.1) is 5.92 Å². The standard InChI is InChI=1S/C30H36ClN3O6S/c1-21(2)18-32-30(36)22(3)33(19-23-11-9-10-14-26(23)31)29(35)20-34(41(37,38)25-12-7-6-8-13-25)24-15-16-27(39-4)28(17-24)40-5/h6-17,21-22H,18-20H2,1-5H3,(H,32,36)/t22-/m1/s1. The van der Waals surface area contributed by atoms with Crippen molar-refractivity contribution in [2.75, 3.05) is 31.6 Å². The highest BCUT2D eigenvalue weighted by atomic mass is 35.5. The lowest BCUT2D eigenvalue weighted by molar-refractivity contribution is -0.139. The van der Waals surface area contributed by atoms with E-state index in [2.05, 4.69) is 5.32 Å². The fourth-order valence-corrected chi connectivity index (χ4v) is 5.70. The molecule has 0 fully saturated rings. The topological polar surface area (TPSA) is 105 Å². The van der Waals surface area contributed by atoms with Gasteiger partial charge in [-0.3, -0.25) is 13.9 Å². The van der Waals surface area contributed by atoms with Crippen molar-refractivity contribution in [1.82, 2.24) is 10.2 Å². The summed E-state index contributed by atoms with van der Waals surface area (Å²) in [5.41, 5.74) is 0.809. The lowest BCUT2D eigenvalue weighted by Crippen LogP contribution is -2.51. The van der Waals surface area contributed by atoms with Crippen LogP contribution in [0.25, 0.3) is 0 Å². The second kappa shape index (κ2) is 14.2. The summed E-state index contributed by atoms with van der Waals surface area (Å²) in [7, 11) is -1.31. The van der Waals surface area contributed by atoms with Gasteiger partial charge >= 0.3 is 0 Å². The minimum atomic E-state index is -4.21. The van der Waals surface area contributed by atoms with E-state index >= 15 is 0 Å². The number of hydrogen-bond donors (Lipinski definition) is 1. The molecular formula is C30H36ClN3O6S. The Kier molecular flexibility index (Phi) is 11.0. The first-order valence-corrected chi connectivity index (χ1v) is 14.9. The van der Waals surface area contributed by atoms with Gasteiger partial charge in [0.05, 0.1) is 24.8 Å². The zero-order chi connectivity index (χ0) is 30.2. The molecule has 0 radical (unpaired) electrons. The molecule has 3 aromatic rings. The largest absolute Gasteiger partial charge is 0.493 e. The van der Waals surface area contributed by atoms with E-state index < -0.39 is 28.5 Å². The van der Waals surface area contributed by atoms with Crippen molar-refractivity contribution in [3.8, 4) is 11.5 Å². The van der Waals surface area contributed by atoms with E-state index in [1.54, 1.807) is 55.5 Å². The van der Waals surface area contributed by atoms with Crippen molar-refractivity contribution >= 4 is 39.1 Å². The molecule has 0 aliphatic rings. The van der Waals surface area contributed by atoms with Crippen molar-refractivity contribution in [2.45, 2.75) is 38.3 Å². The van der Waals surface area contributed by atoms with E-state index in [0.717, 1.165) is 4.31 Å². The first-order valence-electron chi connectivity index (χ1n) is 13.1. The molecule has 2 amide bonds. The molecule has 0 bridgehead atoms. The summed E-state index contributed by atoms with van der Waals surface area (Å²) in [6, 6.07) is 18.5. The summed E-state index contributed by atoms with van der Waals surface area (Å²) >= 11 is 6.41. The Morgan fingerprint density at radius 3 is 2.15 bits per heavy atom. The quantitative estimate of drug-likeness (QED) is 0.303. The lowest BCUT2D eigenvalue weighted by atomic mass is 10.1. The first-order chi connectivity index (χ1) is 19.5. The van der Waals surface area contributed by atoms with Gasteiger partial charge in [-0.1, -0.05) is 61.8 Å². The SMILES string of the molecule is COc1ccc(N(CC(=O)N(Cc2ccccc2Cl)[C@H](C)C(=O)NCC(C)C)S(=O)(=O)c2ccccc2)cc1OC. The fourth-order valence-electron chi connectivity index (χ4n) is 4.07. The zero-order valence-electron chi connectivity index (χ0n) is 23.8. The number of halogens is 1. The van der Waals surface area contributed by atoms with Gasteiger partial charge in [-0.25, -0.2) is 8.42 Å². The van der Waals surface area contributed by atoms with Crippen LogP contribution >= 0.6 is 11.6 Å². The van der Waals surface area contributed by atoms with E-state index in [1.807, 2.05) is 13.8 Å². The number of anilines is 1. The Morgan fingerprint density at radius 2 is 1.54 bits per heavy atom. The smallest absolute Gasteiger partial charge is 0.264 e. The van der Waals surface area contributed by atoms with Gasteiger partial charge in [0.25, 0.3) is 10.0 Å². The lowest BCUT2D eigenvalue weighted by Gasteiger charge is -2.32. The van der Waals surface area contributed by atoms with Crippen molar-refractivity contribution in [3.05, 3.63) is 83.4 Å². The van der Waals surface area contributed by atoms with E-state index in [1.165, 1.54) is 43.4 Å². The number of rotatable bonds is 13. The summed E-state index contributed by atoms with van der Waals surface area (Å²) in [6.45, 7) is 5.38. The highest BCUT2D eigenvalue weighted by molar-refractivity contribution is 7.92. The average molecular weight is 602 g/mol. The Balaban J connectivity index is 2.07. The third-order valence-corrected chi connectivity index (χ3v) is 8.57. The molecule has 1 atom stereocenters. The van der Waals surface area contributed by atoms with E-state index in [0.29, 0.717) is 28.6 Å². The number of carbonyl (C=O) groups excluding carboxylic acids is 2. The number of amides is 2. The third kappa shape index (κ3) is 7.92. The number of carbonyl (C=O) groups is 2. The second-order valence-corrected chi connectivity index (χ2v) is 12.1. The Labute approximate surface area is 247 Å². The average Bonchev–Trinajstić information content (AvgIpc) is 2.97. The summed E-state index contributed by atoms with van der Waals surface area (Å²) < 4.78 is 39.6. The van der Waals surface area contributed by atoms with Crippen molar-refractivity contribution in [2.24, 2.45) is 5.92 Å². The van der Waals surface area contributed by atoms with Crippen LogP contribution in [-0.2, 0) is 26.2 Å². The van der Waals surface area contributed by atoms with E-state index in [-0.39, 0.29) is 29.0 Å². The molecule has 0 heterocycles. The normalized spacial score (nSPS) is 12.0. The highest BCUT2D eigenvalue weighted by Crippen LogP contribution is 2.34. The van der Waals surface area contributed by atoms with Gasteiger partial charge in [-0.05, 0) is 48.7 Å². The number of methoxy groups -OCH3 is 2. The van der Waals surface area contributed by atoms with E-state index in [9.17, 15) is 18.0 Å². The predicted molar refractivity (Wildman–Crippen MR) is 160 cm³/mol. The Morgan fingerprint density at radius 1 is 0.902 bits per heavy atom. The zero-order valence-corrected chi connectivity index (χ0v) is 25.4. The first kappa shape index (κ1) is 31.8. The van der Waals surface area contributed by atoms with Crippen molar-refractivity contribution < 1.29 is 27.5 Å². The molecule has 0 unspecified atom stereocenters. The summed E-state index contributed by atoms with van der Waals surface area (Å²) in [5.74, 6) is -0.0555. The maximum Gasteiger partial charge on any atom is 0.264 e. The molecule has 1 N–H and O–H groups in total. The number of nitrogens with zero attached hydrogens (tertiary/aromatic N) is 2. The van der Waals surface area contributed by atoms with Crippen LogP contribution in [-0.4, -0.2) is 58.5 Å². The van der Waals surface area contributed by atoms with Crippen LogP contribution in [0.1, 0.15) is 26.3 Å². The Bertz CT molecular complexity index is 1450. The molecule has 0 aliphatic heterocycles. The van der Waals surface area contributed by atoms with Crippen molar-refractivity contribution in [1.29, 1.82) is 0 Å². The molecule has 0 saturated heterocycles. The predicted octanol–water partition coefficient (Wildman–Crippen LogP) is 4.74.